The molecule has 0 saturated carbocycles. The van der Waals surface area contributed by atoms with Crippen molar-refractivity contribution in [1.29, 1.82) is 0 Å². The number of rotatable bonds is 4. The van der Waals surface area contributed by atoms with E-state index in [9.17, 15) is 9.59 Å². The van der Waals surface area contributed by atoms with Crippen molar-refractivity contribution >= 4 is 23.2 Å². The van der Waals surface area contributed by atoms with E-state index in [1.54, 1.807) is 0 Å². The zero-order valence-corrected chi connectivity index (χ0v) is 18.7. The lowest BCUT2D eigenvalue weighted by atomic mass is 9.87. The lowest BCUT2D eigenvalue weighted by Crippen LogP contribution is -2.50. The van der Waals surface area contributed by atoms with E-state index in [4.69, 9.17) is 0 Å². The molecule has 1 N–H and O–H groups in total. The molecule has 2 amide bonds. The molecular formula is C25H33N3O2. The Bertz CT molecular complexity index is 889. The maximum absolute atomic E-state index is 12.8. The highest BCUT2D eigenvalue weighted by Crippen LogP contribution is 2.28. The molecule has 3 rings (SSSR count). The molecule has 5 nitrogen and oxygen atoms in total. The number of nitrogens with one attached hydrogen (secondary N) is 1. The van der Waals surface area contributed by atoms with E-state index in [1.165, 1.54) is 5.56 Å². The molecule has 2 aromatic rings. The van der Waals surface area contributed by atoms with Gasteiger partial charge in [-0.05, 0) is 35.2 Å². The second-order valence-electron chi connectivity index (χ2n) is 9.27. The van der Waals surface area contributed by atoms with Crippen LogP contribution in [-0.2, 0) is 10.2 Å². The molecule has 5 heteroatoms. The number of piperazine rings is 1. The van der Waals surface area contributed by atoms with Gasteiger partial charge in [-0.1, -0.05) is 58.9 Å². The third-order valence-corrected chi connectivity index (χ3v) is 5.59. The van der Waals surface area contributed by atoms with Gasteiger partial charge in [0.15, 0.2) is 0 Å². The molecule has 1 saturated heterocycles. The second kappa shape index (κ2) is 8.90. The number of hydrogen-bond acceptors (Lipinski definition) is 3. The first kappa shape index (κ1) is 21.9. The summed E-state index contributed by atoms with van der Waals surface area (Å²) < 4.78 is 0. The fourth-order valence-electron chi connectivity index (χ4n) is 3.70. The number of nitrogens with zero attached hydrogens (tertiary/aromatic N) is 2. The minimum Gasteiger partial charge on any atom is -0.366 e. The van der Waals surface area contributed by atoms with Crippen molar-refractivity contribution in [1.82, 2.24) is 4.90 Å². The summed E-state index contributed by atoms with van der Waals surface area (Å²) in [5.74, 6) is 0.110. The molecule has 0 bridgehead atoms. The van der Waals surface area contributed by atoms with Crippen molar-refractivity contribution in [3.8, 4) is 0 Å². The monoisotopic (exact) mass is 407 g/mol. The average molecular weight is 408 g/mol. The first-order chi connectivity index (χ1) is 14.2. The predicted molar refractivity (Wildman–Crippen MR) is 123 cm³/mol. The lowest BCUT2D eigenvalue weighted by molar-refractivity contribution is -0.134. The Morgan fingerprint density at radius 3 is 2.07 bits per heavy atom. The van der Waals surface area contributed by atoms with E-state index in [2.05, 4.69) is 31.0 Å². The number of para-hydroxylation sites is 2. The molecule has 2 aromatic carbocycles. The molecule has 30 heavy (non-hydrogen) atoms. The second-order valence-corrected chi connectivity index (χ2v) is 9.27. The van der Waals surface area contributed by atoms with Crippen molar-refractivity contribution in [2.75, 3.05) is 36.4 Å². The van der Waals surface area contributed by atoms with Crippen LogP contribution in [0.15, 0.2) is 48.5 Å². The van der Waals surface area contributed by atoms with Gasteiger partial charge in [-0.15, -0.1) is 0 Å². The van der Waals surface area contributed by atoms with E-state index >= 15 is 0 Å². The maximum atomic E-state index is 12.8. The number of benzene rings is 2. The van der Waals surface area contributed by atoms with Gasteiger partial charge in [0, 0.05) is 37.7 Å². The minimum atomic E-state index is -0.114. The lowest BCUT2D eigenvalue weighted by Gasteiger charge is -2.37. The Hall–Kier alpha value is -2.82. The highest BCUT2D eigenvalue weighted by atomic mass is 16.2. The van der Waals surface area contributed by atoms with Gasteiger partial charge in [0.1, 0.15) is 0 Å². The Balaban J connectivity index is 1.70. The largest absolute Gasteiger partial charge is 0.366 e. The summed E-state index contributed by atoms with van der Waals surface area (Å²) in [5.41, 5.74) is 3.69. The van der Waals surface area contributed by atoms with Gasteiger partial charge < -0.3 is 15.1 Å². The van der Waals surface area contributed by atoms with E-state index < -0.39 is 0 Å². The SMILES string of the molecule is CC(C)C(=O)N1CCN(c2ccccc2NC(=O)c2ccc(C(C)(C)C)cc2)CC1. The molecule has 0 atom stereocenters. The van der Waals surface area contributed by atoms with E-state index in [1.807, 2.05) is 67.3 Å². The summed E-state index contributed by atoms with van der Waals surface area (Å²) in [7, 11) is 0. The van der Waals surface area contributed by atoms with Gasteiger partial charge in [-0.3, -0.25) is 9.59 Å². The van der Waals surface area contributed by atoms with Gasteiger partial charge in [-0.2, -0.15) is 0 Å². The van der Waals surface area contributed by atoms with Crippen molar-refractivity contribution in [3.63, 3.8) is 0 Å². The molecule has 1 fully saturated rings. The first-order valence-electron chi connectivity index (χ1n) is 10.7. The number of carbonyl (C=O) groups excluding carboxylic acids is 2. The van der Waals surface area contributed by atoms with Crippen LogP contribution in [0.4, 0.5) is 11.4 Å². The van der Waals surface area contributed by atoms with Gasteiger partial charge in [0.25, 0.3) is 5.91 Å². The van der Waals surface area contributed by atoms with Gasteiger partial charge in [-0.25, -0.2) is 0 Å². The zero-order valence-electron chi connectivity index (χ0n) is 18.7. The van der Waals surface area contributed by atoms with Gasteiger partial charge in [0.05, 0.1) is 11.4 Å². The maximum Gasteiger partial charge on any atom is 0.255 e. The van der Waals surface area contributed by atoms with Crippen LogP contribution in [0.3, 0.4) is 0 Å². The van der Waals surface area contributed by atoms with Crippen molar-refractivity contribution in [3.05, 3.63) is 59.7 Å². The van der Waals surface area contributed by atoms with Crippen LogP contribution in [0.2, 0.25) is 0 Å². The summed E-state index contributed by atoms with van der Waals surface area (Å²) in [4.78, 5) is 29.3. The molecule has 1 heterocycles. The van der Waals surface area contributed by atoms with Crippen LogP contribution in [0.25, 0.3) is 0 Å². The standard InChI is InChI=1S/C25H33N3O2/c1-18(2)24(30)28-16-14-27(15-17-28)22-9-7-6-8-21(22)26-23(29)19-10-12-20(13-11-19)25(3,4)5/h6-13,18H,14-17H2,1-5H3,(H,26,29). The third kappa shape index (κ3) is 5.02. The molecule has 0 aromatic heterocycles. The normalized spacial score (nSPS) is 14.7. The summed E-state index contributed by atoms with van der Waals surface area (Å²) >= 11 is 0. The number of carbonyl (C=O) groups is 2. The topological polar surface area (TPSA) is 52.7 Å². The van der Waals surface area contributed by atoms with Crippen LogP contribution >= 0.6 is 0 Å². The Morgan fingerprint density at radius 2 is 1.50 bits per heavy atom. The van der Waals surface area contributed by atoms with Crippen LogP contribution in [0.5, 0.6) is 0 Å². The van der Waals surface area contributed by atoms with Crippen LogP contribution in [0.1, 0.15) is 50.5 Å². The molecule has 160 valence electrons. The summed E-state index contributed by atoms with van der Waals surface area (Å²) in [5, 5.41) is 3.07. The number of amides is 2. The molecule has 0 spiro atoms. The fraction of sp³-hybridized carbons (Fsp3) is 0.440. The molecular weight excluding hydrogens is 374 g/mol. The van der Waals surface area contributed by atoms with Crippen LogP contribution < -0.4 is 10.2 Å². The van der Waals surface area contributed by atoms with E-state index in [0.717, 1.165) is 24.5 Å². The molecule has 1 aliphatic heterocycles. The van der Waals surface area contributed by atoms with Crippen LogP contribution in [-0.4, -0.2) is 42.9 Å². The fourth-order valence-corrected chi connectivity index (χ4v) is 3.70. The predicted octanol–water partition coefficient (Wildman–Crippen LogP) is 4.54. The highest BCUT2D eigenvalue weighted by Gasteiger charge is 2.24. The van der Waals surface area contributed by atoms with Gasteiger partial charge >= 0.3 is 0 Å². The summed E-state index contributed by atoms with van der Waals surface area (Å²) in [6.45, 7) is 13.3. The molecule has 0 radical (unpaired) electrons. The molecule has 0 aliphatic carbocycles. The Labute approximate surface area is 180 Å². The first-order valence-corrected chi connectivity index (χ1v) is 10.7. The third-order valence-electron chi connectivity index (χ3n) is 5.59. The summed E-state index contributed by atoms with van der Waals surface area (Å²) in [6.07, 6.45) is 0. The van der Waals surface area contributed by atoms with Gasteiger partial charge in [0.2, 0.25) is 5.91 Å². The molecule has 0 unspecified atom stereocenters. The van der Waals surface area contributed by atoms with Crippen LogP contribution in [0, 0.1) is 5.92 Å². The van der Waals surface area contributed by atoms with E-state index in [0.29, 0.717) is 18.7 Å². The average Bonchev–Trinajstić information content (AvgIpc) is 2.73. The Morgan fingerprint density at radius 1 is 0.900 bits per heavy atom. The Kier molecular flexibility index (Phi) is 6.49. The zero-order chi connectivity index (χ0) is 21.9. The number of hydrogen-bond donors (Lipinski definition) is 1. The van der Waals surface area contributed by atoms with Crippen molar-refractivity contribution < 1.29 is 9.59 Å². The highest BCUT2D eigenvalue weighted by molar-refractivity contribution is 6.06. The van der Waals surface area contributed by atoms with Crippen molar-refractivity contribution in [2.45, 2.75) is 40.0 Å². The van der Waals surface area contributed by atoms with E-state index in [-0.39, 0.29) is 23.1 Å². The summed E-state index contributed by atoms with van der Waals surface area (Å²) in [6, 6.07) is 15.7. The minimum absolute atomic E-state index is 0.0211. The molecule has 1 aliphatic rings. The smallest absolute Gasteiger partial charge is 0.255 e. The quantitative estimate of drug-likeness (QED) is 0.809. The number of anilines is 2. The van der Waals surface area contributed by atoms with Crippen molar-refractivity contribution in [2.24, 2.45) is 5.92 Å².